The number of phenolic OH excluding ortho intramolecular Hbond substituents is 1. The SMILES string of the molecule is [2H]c1c([2H])c(C(C([2H])([2H])[2H])(C([2H])([2H])[2H])C([2H])([2H])[2H])c([2H])c([2H])c1-c1ccnc(-c2cc(-c3cccc4c3nc(-c3cc(C)cc(C)c3O)n4-c3ccc(-c4cc(C([2H])(C)C)cc(C([2H])(C)C)c4)cc3C([2H])([2H])[2H])cc(C(C)(C)C)c2)c1. The third kappa shape index (κ3) is 8.61. The summed E-state index contributed by atoms with van der Waals surface area (Å²) in [4.78, 5) is 9.97. The van der Waals surface area contributed by atoms with Crippen LogP contribution in [0.3, 0.4) is 0 Å². The number of aromatic hydroxyl groups is 1. The summed E-state index contributed by atoms with van der Waals surface area (Å²) in [5.41, 5.74) is 2.43. The molecule has 0 saturated heterocycles. The van der Waals surface area contributed by atoms with E-state index in [2.05, 4.69) is 4.98 Å². The van der Waals surface area contributed by atoms with Crippen LogP contribution in [0.1, 0.15) is 144 Å². The number of hydrogen-bond donors (Lipinski definition) is 1. The summed E-state index contributed by atoms with van der Waals surface area (Å²) in [5.74, 6) is -1.88. The first kappa shape index (κ1) is 26.4. The summed E-state index contributed by atoms with van der Waals surface area (Å²) in [7, 11) is 0. The molecule has 0 atom stereocenters. The Balaban J connectivity index is 1.38. The standard InChI is InChI=1S/C59H63N3O/c1-35(2)43-28-44(36(3)4)30-45(29-43)41-19-22-53(38(6)27-41)62-54-16-14-15-50(55(54)61-57(62)51-26-37(5)25-39(7)56(51)63)46-31-47(33-49(32-46)59(11,12)13)52-34-42(23-24-60-52)40-17-20-48(21-18-40)58(8,9)10/h14-36,63H,1-13H3/i6D3,8D3,9D3,10D3,17D,18D,20D,21D,35D,36D. The van der Waals surface area contributed by atoms with Gasteiger partial charge in [0.1, 0.15) is 11.6 Å². The second-order valence-electron chi connectivity index (χ2n) is 17.9. The number of fused-ring (bicyclic) bond motifs is 1. The van der Waals surface area contributed by atoms with Crippen LogP contribution in [0, 0.1) is 20.7 Å². The zero-order valence-electron chi connectivity index (χ0n) is 55.1. The number of benzene rings is 6. The highest BCUT2D eigenvalue weighted by atomic mass is 16.3. The van der Waals surface area contributed by atoms with Crippen molar-refractivity contribution in [2.75, 3.05) is 0 Å². The van der Waals surface area contributed by atoms with Crippen molar-refractivity contribution in [3.05, 3.63) is 166 Å². The zero-order valence-corrected chi connectivity index (χ0v) is 37.1. The quantitative estimate of drug-likeness (QED) is 0.166. The van der Waals surface area contributed by atoms with Crippen molar-refractivity contribution < 1.29 is 29.8 Å². The molecule has 0 aliphatic heterocycles. The third-order valence-electron chi connectivity index (χ3n) is 11.5. The summed E-state index contributed by atoms with van der Waals surface area (Å²) in [5, 5.41) is 11.9. The van der Waals surface area contributed by atoms with Gasteiger partial charge in [0.25, 0.3) is 0 Å². The van der Waals surface area contributed by atoms with Crippen molar-refractivity contribution in [3.8, 4) is 67.5 Å². The number of rotatable bonds is 8. The van der Waals surface area contributed by atoms with Crippen LogP contribution in [-0.4, -0.2) is 19.6 Å². The van der Waals surface area contributed by atoms with Gasteiger partial charge in [-0.15, -0.1) is 0 Å². The van der Waals surface area contributed by atoms with Crippen LogP contribution in [0.15, 0.2) is 127 Å². The fourth-order valence-corrected chi connectivity index (χ4v) is 7.92. The predicted molar refractivity (Wildman–Crippen MR) is 267 cm³/mol. The maximum absolute atomic E-state index is 11.9. The Morgan fingerprint density at radius 2 is 1.33 bits per heavy atom. The summed E-state index contributed by atoms with van der Waals surface area (Å²) in [6.45, 7) is 2.49. The Kier molecular flexibility index (Phi) is 6.89. The van der Waals surface area contributed by atoms with Crippen LogP contribution in [0.4, 0.5) is 0 Å². The molecule has 0 bridgehead atoms. The number of aryl methyl sites for hydroxylation is 3. The highest BCUT2D eigenvalue weighted by Gasteiger charge is 2.24. The molecule has 320 valence electrons. The van der Waals surface area contributed by atoms with Gasteiger partial charge in [0.15, 0.2) is 0 Å². The predicted octanol–water partition coefficient (Wildman–Crippen LogP) is 16.2. The van der Waals surface area contributed by atoms with Gasteiger partial charge in [0, 0.05) is 36.5 Å². The molecule has 0 aliphatic carbocycles. The summed E-state index contributed by atoms with van der Waals surface area (Å²) < 4.78 is 157. The lowest BCUT2D eigenvalue weighted by atomic mass is 9.83. The number of hydrogen-bond acceptors (Lipinski definition) is 3. The van der Waals surface area contributed by atoms with Crippen LogP contribution in [-0.2, 0) is 10.8 Å². The number of nitrogens with zero attached hydrogens (tertiary/aromatic N) is 3. The average Bonchev–Trinajstić information content (AvgIpc) is 3.17. The molecule has 0 saturated carbocycles. The summed E-state index contributed by atoms with van der Waals surface area (Å²) in [6, 6.07) is 24.5. The van der Waals surface area contributed by atoms with E-state index in [1.807, 2.05) is 88.4 Å². The maximum atomic E-state index is 11.9. The summed E-state index contributed by atoms with van der Waals surface area (Å²) in [6.07, 6.45) is 1.38. The van der Waals surface area contributed by atoms with E-state index in [4.69, 9.17) is 29.7 Å². The highest BCUT2D eigenvalue weighted by Crippen LogP contribution is 2.42. The molecule has 4 heteroatoms. The molecule has 2 heterocycles. The first-order chi connectivity index (χ1) is 37.0. The van der Waals surface area contributed by atoms with Gasteiger partial charge in [-0.3, -0.25) is 9.55 Å². The van der Waals surface area contributed by atoms with E-state index in [0.29, 0.717) is 66.8 Å². The minimum absolute atomic E-state index is 0.0254. The highest BCUT2D eigenvalue weighted by molar-refractivity contribution is 5.97. The van der Waals surface area contributed by atoms with Gasteiger partial charge in [-0.1, -0.05) is 142 Å². The number of pyridine rings is 1. The molecule has 63 heavy (non-hydrogen) atoms. The monoisotopic (exact) mass is 848 g/mol. The molecule has 2 aromatic heterocycles. The van der Waals surface area contributed by atoms with Crippen molar-refractivity contribution in [1.29, 1.82) is 0 Å². The van der Waals surface area contributed by atoms with Crippen molar-refractivity contribution in [2.24, 2.45) is 0 Å². The normalized spacial score (nSPS) is 17.5. The number of para-hydroxylation sites is 1. The molecule has 1 N–H and O–H groups in total. The van der Waals surface area contributed by atoms with Gasteiger partial charge in [-0.25, -0.2) is 4.98 Å². The van der Waals surface area contributed by atoms with E-state index < -0.39 is 79.8 Å². The van der Waals surface area contributed by atoms with Crippen LogP contribution < -0.4 is 0 Å². The minimum atomic E-state index is -3.84. The smallest absolute Gasteiger partial charge is 0.149 e. The van der Waals surface area contributed by atoms with Crippen molar-refractivity contribution in [1.82, 2.24) is 14.5 Å². The maximum Gasteiger partial charge on any atom is 0.149 e. The van der Waals surface area contributed by atoms with Crippen LogP contribution in [0.25, 0.3) is 72.7 Å². The molecule has 0 spiro atoms. The molecule has 0 aliphatic rings. The number of aromatic nitrogens is 3. The van der Waals surface area contributed by atoms with E-state index in [-0.39, 0.29) is 34.0 Å². The van der Waals surface area contributed by atoms with Gasteiger partial charge in [-0.05, 0) is 159 Å². The molecule has 8 aromatic rings. The number of phenols is 1. The van der Waals surface area contributed by atoms with Crippen molar-refractivity contribution in [3.63, 3.8) is 0 Å². The Morgan fingerprint density at radius 3 is 2.00 bits per heavy atom. The zero-order chi connectivity index (χ0) is 60.4. The Bertz CT molecular complexity index is 3710. The van der Waals surface area contributed by atoms with Crippen LogP contribution in [0.5, 0.6) is 5.75 Å². The Labute approximate surface area is 401 Å². The second kappa shape index (κ2) is 16.5. The lowest BCUT2D eigenvalue weighted by Gasteiger charge is -2.22. The number of imidazole rings is 1. The van der Waals surface area contributed by atoms with Crippen molar-refractivity contribution >= 4 is 11.0 Å². The van der Waals surface area contributed by atoms with E-state index in [9.17, 15) is 5.11 Å². The average molecular weight is 848 g/mol. The van der Waals surface area contributed by atoms with Gasteiger partial charge >= 0.3 is 0 Å². The lowest BCUT2D eigenvalue weighted by Crippen LogP contribution is -2.11. The van der Waals surface area contributed by atoms with Gasteiger partial charge in [0.2, 0.25) is 0 Å². The fourth-order valence-electron chi connectivity index (χ4n) is 7.92. The minimum Gasteiger partial charge on any atom is -0.507 e. The third-order valence-corrected chi connectivity index (χ3v) is 11.5. The van der Waals surface area contributed by atoms with Gasteiger partial charge in [-0.2, -0.15) is 0 Å². The fraction of sp³-hybridized carbons (Fsp3) is 0.288. The van der Waals surface area contributed by atoms with Crippen molar-refractivity contribution in [2.45, 2.75) is 112 Å². The second-order valence-corrected chi connectivity index (χ2v) is 17.9. The van der Waals surface area contributed by atoms with E-state index in [1.54, 1.807) is 63.5 Å². The molecule has 4 nitrogen and oxygen atoms in total. The molecule has 6 aromatic carbocycles. The molecular formula is C59H63N3O. The molecule has 0 radical (unpaired) electrons. The molecule has 0 fully saturated rings. The Hall–Kier alpha value is -6.26. The van der Waals surface area contributed by atoms with Crippen LogP contribution in [0.2, 0.25) is 0 Å². The van der Waals surface area contributed by atoms with E-state index >= 15 is 0 Å². The molecular weight excluding hydrogens is 767 g/mol. The van der Waals surface area contributed by atoms with E-state index in [1.165, 1.54) is 18.3 Å². The summed E-state index contributed by atoms with van der Waals surface area (Å²) >= 11 is 0. The lowest BCUT2D eigenvalue weighted by molar-refractivity contribution is 0.472. The first-order valence-electron chi connectivity index (χ1n) is 29.9. The topological polar surface area (TPSA) is 50.9 Å². The molecule has 8 rings (SSSR count). The van der Waals surface area contributed by atoms with Crippen LogP contribution >= 0.6 is 0 Å². The Morgan fingerprint density at radius 1 is 0.635 bits per heavy atom. The van der Waals surface area contributed by atoms with Gasteiger partial charge < -0.3 is 5.11 Å². The first-order valence-corrected chi connectivity index (χ1v) is 20.9. The van der Waals surface area contributed by atoms with Gasteiger partial charge in [0.05, 0.1) is 33.5 Å². The molecule has 0 amide bonds. The van der Waals surface area contributed by atoms with E-state index in [0.717, 1.165) is 11.1 Å². The molecule has 0 unspecified atom stereocenters. The largest absolute Gasteiger partial charge is 0.507 e.